The molecule has 0 bridgehead atoms. The molecule has 0 saturated carbocycles. The highest BCUT2D eigenvalue weighted by Gasteiger charge is 2.40. The number of aliphatic hydroxyl groups is 1. The van der Waals surface area contributed by atoms with E-state index in [1.54, 1.807) is 0 Å². The fraction of sp³-hybridized carbons (Fsp3) is 0.636. The summed E-state index contributed by atoms with van der Waals surface area (Å²) in [5.41, 5.74) is 0. The van der Waals surface area contributed by atoms with Gasteiger partial charge >= 0.3 is 0 Å². The van der Waals surface area contributed by atoms with Crippen molar-refractivity contribution < 1.29 is 9.84 Å². The van der Waals surface area contributed by atoms with Gasteiger partial charge < -0.3 is 9.84 Å². The molecule has 0 aromatic heterocycles. The van der Waals surface area contributed by atoms with Gasteiger partial charge in [0.25, 0.3) is 0 Å². The number of hydrogen-bond donors (Lipinski definition) is 2. The normalized spacial score (nSPS) is 43.7. The van der Waals surface area contributed by atoms with E-state index in [0.717, 1.165) is 12.8 Å². The van der Waals surface area contributed by atoms with Crippen LogP contribution < -0.4 is 5.32 Å². The van der Waals surface area contributed by atoms with Gasteiger partial charge in [0.15, 0.2) is 6.29 Å². The van der Waals surface area contributed by atoms with Gasteiger partial charge in [-0.2, -0.15) is 0 Å². The van der Waals surface area contributed by atoms with E-state index < -0.39 is 6.29 Å². The molecular weight excluding hydrogens is 209 g/mol. The van der Waals surface area contributed by atoms with Crippen LogP contribution in [-0.4, -0.2) is 29.3 Å². The van der Waals surface area contributed by atoms with Gasteiger partial charge in [-0.25, -0.2) is 0 Å². The van der Waals surface area contributed by atoms with Crippen molar-refractivity contribution in [1.82, 2.24) is 5.32 Å². The Morgan fingerprint density at radius 2 is 2.40 bits per heavy atom. The zero-order valence-corrected chi connectivity index (χ0v) is 9.67. The maximum Gasteiger partial charge on any atom is 0.171 e. The number of nitrogens with one attached hydrogen (secondary N) is 1. The maximum atomic E-state index is 9.73. The molecule has 2 rings (SSSR count). The van der Waals surface area contributed by atoms with E-state index in [2.05, 4.69) is 33.0 Å². The summed E-state index contributed by atoms with van der Waals surface area (Å²) in [7, 11) is 2.58. The molecule has 2 aliphatic rings. The largest absolute Gasteiger partial charge is 0.367 e. The first-order valence-corrected chi connectivity index (χ1v) is 5.85. The third-order valence-corrected chi connectivity index (χ3v) is 3.50. The Hall–Kier alpha value is -0.390. The van der Waals surface area contributed by atoms with Crippen LogP contribution in [0, 0.1) is 17.8 Å². The molecule has 6 unspecified atom stereocenters. The van der Waals surface area contributed by atoms with Gasteiger partial charge in [0.05, 0.1) is 17.9 Å². The van der Waals surface area contributed by atoms with Crippen molar-refractivity contribution >= 4 is 9.24 Å². The maximum absolute atomic E-state index is 9.73. The highest BCUT2D eigenvalue weighted by molar-refractivity contribution is 7.17. The smallest absolute Gasteiger partial charge is 0.171 e. The van der Waals surface area contributed by atoms with Gasteiger partial charge in [-0.1, -0.05) is 12.0 Å². The Balaban J connectivity index is 2.00. The number of rotatable bonds is 3. The first kappa shape index (κ1) is 11.1. The molecule has 6 atom stereocenters. The van der Waals surface area contributed by atoms with Crippen LogP contribution in [0.1, 0.15) is 12.8 Å². The van der Waals surface area contributed by atoms with Crippen molar-refractivity contribution in [3.05, 3.63) is 12.7 Å². The first-order chi connectivity index (χ1) is 7.22. The van der Waals surface area contributed by atoms with Gasteiger partial charge in [0, 0.05) is 12.3 Å². The van der Waals surface area contributed by atoms with E-state index in [4.69, 9.17) is 4.74 Å². The van der Waals surface area contributed by atoms with Gasteiger partial charge in [0.2, 0.25) is 0 Å². The molecule has 0 aromatic carbocycles. The van der Waals surface area contributed by atoms with E-state index in [1.807, 2.05) is 6.08 Å². The fourth-order valence-corrected chi connectivity index (χ4v) is 2.60. The molecule has 0 amide bonds. The van der Waals surface area contributed by atoms with Crippen molar-refractivity contribution in [2.45, 2.75) is 37.1 Å². The Bertz CT molecular complexity index is 309. The zero-order chi connectivity index (χ0) is 10.8. The van der Waals surface area contributed by atoms with Crippen LogP contribution in [-0.2, 0) is 4.74 Å². The van der Waals surface area contributed by atoms with Gasteiger partial charge in [-0.3, -0.25) is 5.32 Å². The monoisotopic (exact) mass is 225 g/mol. The van der Waals surface area contributed by atoms with Crippen LogP contribution in [0.4, 0.5) is 0 Å². The van der Waals surface area contributed by atoms with Gasteiger partial charge in [-0.15, -0.1) is 21.7 Å². The topological polar surface area (TPSA) is 41.5 Å². The summed E-state index contributed by atoms with van der Waals surface area (Å²) in [4.78, 5) is 0. The average molecular weight is 225 g/mol. The van der Waals surface area contributed by atoms with Gasteiger partial charge in [-0.05, 0) is 6.42 Å². The van der Waals surface area contributed by atoms with Crippen LogP contribution in [0.3, 0.4) is 0 Å². The summed E-state index contributed by atoms with van der Waals surface area (Å²) in [5, 5.41) is 13.1. The minimum absolute atomic E-state index is 0.0654. The minimum atomic E-state index is -0.766. The molecule has 82 valence electrons. The molecule has 0 aromatic rings. The molecule has 0 radical (unpaired) electrons. The second kappa shape index (κ2) is 4.63. The molecular formula is C11H16NO2P. The standard InChI is InChI=1S/C11H16NO2P/c1-2-8-9(10(13)14-11(8)15)12-7-5-3-4-6-7/h2,7-13H,1,3,5,15H2. The second-order valence-corrected chi connectivity index (χ2v) is 4.57. The van der Waals surface area contributed by atoms with E-state index in [9.17, 15) is 5.11 Å². The number of aliphatic hydroxyl groups excluding tert-OH is 1. The van der Waals surface area contributed by atoms with E-state index >= 15 is 0 Å². The summed E-state index contributed by atoms with van der Waals surface area (Å²) in [6.07, 6.45) is 2.99. The van der Waals surface area contributed by atoms with Crippen LogP contribution in [0.5, 0.6) is 0 Å². The Morgan fingerprint density at radius 1 is 1.60 bits per heavy atom. The fourth-order valence-electron chi connectivity index (χ4n) is 2.05. The Morgan fingerprint density at radius 3 is 3.00 bits per heavy atom. The lowest BCUT2D eigenvalue weighted by atomic mass is 10.0. The molecule has 4 heteroatoms. The minimum Gasteiger partial charge on any atom is -0.367 e. The lowest BCUT2D eigenvalue weighted by Crippen LogP contribution is -2.45. The molecule has 15 heavy (non-hydrogen) atoms. The second-order valence-electron chi connectivity index (χ2n) is 3.91. The first-order valence-electron chi connectivity index (χ1n) is 5.18. The van der Waals surface area contributed by atoms with Crippen molar-refractivity contribution in [2.24, 2.45) is 5.92 Å². The third-order valence-electron chi connectivity index (χ3n) is 2.90. The summed E-state index contributed by atoms with van der Waals surface area (Å²) in [5.74, 6) is 6.19. The SMILES string of the molecule is C=CC1C(P)OC(O)C1NC1C#CCC1. The molecule has 2 N–H and O–H groups in total. The van der Waals surface area contributed by atoms with Crippen LogP contribution in [0.15, 0.2) is 12.7 Å². The zero-order valence-electron chi connectivity index (χ0n) is 8.52. The summed E-state index contributed by atoms with van der Waals surface area (Å²) >= 11 is 0. The quantitative estimate of drug-likeness (QED) is 0.416. The van der Waals surface area contributed by atoms with Crippen molar-refractivity contribution in [3.8, 4) is 11.8 Å². The average Bonchev–Trinajstić information content (AvgIpc) is 2.77. The van der Waals surface area contributed by atoms with Crippen molar-refractivity contribution in [2.75, 3.05) is 0 Å². The van der Waals surface area contributed by atoms with E-state index in [-0.39, 0.29) is 23.8 Å². The van der Waals surface area contributed by atoms with E-state index in [1.165, 1.54) is 0 Å². The lowest BCUT2D eigenvalue weighted by molar-refractivity contribution is -0.0805. The summed E-state index contributed by atoms with van der Waals surface area (Å²) in [6, 6.07) is 0.0911. The Kier molecular flexibility index (Phi) is 3.43. The van der Waals surface area contributed by atoms with Crippen molar-refractivity contribution in [1.29, 1.82) is 0 Å². The molecule has 1 aliphatic carbocycles. The molecule has 0 spiro atoms. The molecule has 3 nitrogen and oxygen atoms in total. The number of ether oxygens (including phenoxy) is 1. The Labute approximate surface area is 92.5 Å². The highest BCUT2D eigenvalue weighted by Crippen LogP contribution is 2.31. The van der Waals surface area contributed by atoms with Crippen LogP contribution in [0.2, 0.25) is 0 Å². The van der Waals surface area contributed by atoms with Crippen LogP contribution >= 0.6 is 9.24 Å². The van der Waals surface area contributed by atoms with Crippen LogP contribution in [0.25, 0.3) is 0 Å². The molecule has 1 fully saturated rings. The highest BCUT2D eigenvalue weighted by atomic mass is 31.0. The van der Waals surface area contributed by atoms with E-state index in [0.29, 0.717) is 0 Å². The van der Waals surface area contributed by atoms with Gasteiger partial charge in [0.1, 0.15) is 0 Å². The van der Waals surface area contributed by atoms with Crippen molar-refractivity contribution in [3.63, 3.8) is 0 Å². The number of hydrogen-bond acceptors (Lipinski definition) is 3. The third kappa shape index (κ3) is 2.24. The predicted octanol–water partition coefficient (Wildman–Crippen LogP) is 0.462. The molecule has 1 aliphatic heterocycles. The predicted molar refractivity (Wildman–Crippen MR) is 62.0 cm³/mol. The summed E-state index contributed by atoms with van der Waals surface area (Å²) in [6.45, 7) is 3.77. The lowest BCUT2D eigenvalue weighted by Gasteiger charge is -2.22. The summed E-state index contributed by atoms with van der Waals surface area (Å²) < 4.78 is 5.32. The molecule has 1 saturated heterocycles. The molecule has 1 heterocycles.